The molecule has 0 saturated heterocycles. The van der Waals surface area contributed by atoms with Crippen molar-refractivity contribution in [1.82, 2.24) is 14.9 Å². The third-order valence-electron chi connectivity index (χ3n) is 9.22. The predicted molar refractivity (Wildman–Crippen MR) is 144 cm³/mol. The fourth-order valence-electron chi connectivity index (χ4n) is 6.82. The molecule has 14 heteroatoms. The molecule has 2 N–H and O–H groups in total. The van der Waals surface area contributed by atoms with Crippen molar-refractivity contribution in [2.45, 2.75) is 73.6 Å². The largest absolute Gasteiger partial charge is 0.416 e. The molecule has 1 amide bonds. The highest BCUT2D eigenvalue weighted by Gasteiger charge is 2.75. The van der Waals surface area contributed by atoms with E-state index in [2.05, 4.69) is 15.6 Å². The predicted octanol–water partition coefficient (Wildman–Crippen LogP) is 4.88. The zero-order valence-corrected chi connectivity index (χ0v) is 24.0. The Labute approximate surface area is 244 Å². The molecule has 2 bridgehead atoms. The molecule has 5 aliphatic rings. The molecule has 7 nitrogen and oxygen atoms in total. The van der Waals surface area contributed by atoms with Crippen molar-refractivity contribution >= 4 is 21.8 Å². The number of hydrogen-bond donors (Lipinski definition) is 2. The number of nitrogens with one attached hydrogen (secondary N) is 2. The lowest BCUT2D eigenvalue weighted by molar-refractivity contribution is -0.151. The monoisotopic (exact) mass is 628 g/mol. The van der Waals surface area contributed by atoms with Gasteiger partial charge in [0.2, 0.25) is 21.9 Å². The van der Waals surface area contributed by atoms with Crippen LogP contribution >= 0.6 is 0 Å². The molecule has 2 aromatic carbocycles. The number of benzene rings is 2. The van der Waals surface area contributed by atoms with Crippen molar-refractivity contribution in [2.24, 2.45) is 16.3 Å². The van der Waals surface area contributed by atoms with E-state index in [1.165, 1.54) is 16.4 Å². The van der Waals surface area contributed by atoms with Crippen molar-refractivity contribution in [3.63, 3.8) is 0 Å². The van der Waals surface area contributed by atoms with Crippen LogP contribution in [0.2, 0.25) is 0 Å². The number of alkyl halides is 5. The van der Waals surface area contributed by atoms with Crippen LogP contribution in [0, 0.1) is 17.2 Å². The summed E-state index contributed by atoms with van der Waals surface area (Å²) < 4.78 is 108. The highest BCUT2D eigenvalue weighted by atomic mass is 32.2. The number of amidine groups is 1. The second-order valence-corrected chi connectivity index (χ2v) is 14.5. The van der Waals surface area contributed by atoms with E-state index in [-0.39, 0.29) is 49.2 Å². The Morgan fingerprint density at radius 2 is 1.65 bits per heavy atom. The first kappa shape index (κ1) is 29.9. The van der Waals surface area contributed by atoms with Crippen LogP contribution in [0.5, 0.6) is 0 Å². The summed E-state index contributed by atoms with van der Waals surface area (Å²) >= 11 is 0. The van der Waals surface area contributed by atoms with Crippen LogP contribution in [0.25, 0.3) is 0 Å². The van der Waals surface area contributed by atoms with E-state index < -0.39 is 50.0 Å². The van der Waals surface area contributed by atoms with E-state index in [1.807, 2.05) is 0 Å². The minimum absolute atomic E-state index is 0.132. The van der Waals surface area contributed by atoms with Crippen molar-refractivity contribution in [3.05, 3.63) is 65.5 Å². The lowest BCUT2D eigenvalue weighted by atomic mass is 9.38. The molecule has 1 heterocycles. The maximum atomic E-state index is 13.8. The van der Waals surface area contributed by atoms with Crippen LogP contribution in [0.1, 0.15) is 50.2 Å². The number of sulfonamides is 1. The summed E-state index contributed by atoms with van der Waals surface area (Å²) in [7, 11) is -4.18. The standard InChI is InChI=1S/C29H30F6N4O3S/c1-25(24(40)36-12-19-10-28(31,32)11-19)17-37-23(38-25)26-14-27(15-26,16-26)39(43(41,42)22-8-6-21(30)7-9-22)13-18-2-4-20(5-3-18)29(33,34)35/h2-9,19H,10-17H2,1H3,(H,36,40)(H,37,38)/t25-,26?,27?/m1/s1. The Bertz CT molecular complexity index is 1550. The average Bonchev–Trinajstić information content (AvgIpc) is 3.27. The van der Waals surface area contributed by atoms with E-state index in [1.54, 1.807) is 6.92 Å². The first-order chi connectivity index (χ1) is 20.0. The molecular weight excluding hydrogens is 598 g/mol. The molecule has 4 fully saturated rings. The van der Waals surface area contributed by atoms with Crippen molar-refractivity contribution in [1.29, 1.82) is 0 Å². The number of amides is 1. The fraction of sp³-hybridized carbons (Fsp3) is 0.517. The van der Waals surface area contributed by atoms with Gasteiger partial charge in [-0.2, -0.15) is 17.5 Å². The molecule has 43 heavy (non-hydrogen) atoms. The summed E-state index contributed by atoms with van der Waals surface area (Å²) in [4.78, 5) is 17.4. The van der Waals surface area contributed by atoms with Crippen LogP contribution in [0.15, 0.2) is 58.4 Å². The summed E-state index contributed by atoms with van der Waals surface area (Å²) in [5.41, 5.74) is -2.90. The number of hydrogen-bond acceptors (Lipinski definition) is 5. The second-order valence-electron chi connectivity index (χ2n) is 12.7. The average molecular weight is 629 g/mol. The van der Waals surface area contributed by atoms with E-state index >= 15 is 0 Å². The molecule has 4 aliphatic carbocycles. The number of carbonyl (C=O) groups excluding carboxylic acids is 1. The van der Waals surface area contributed by atoms with Crippen LogP contribution in [0.3, 0.4) is 0 Å². The molecular formula is C29H30F6N4O3S. The van der Waals surface area contributed by atoms with Gasteiger partial charge in [-0.15, -0.1) is 0 Å². The van der Waals surface area contributed by atoms with Gasteiger partial charge in [-0.3, -0.25) is 9.79 Å². The van der Waals surface area contributed by atoms with Gasteiger partial charge in [0.15, 0.2) is 0 Å². The molecule has 0 radical (unpaired) electrons. The normalized spacial score (nSPS) is 29.6. The Hall–Kier alpha value is -3.13. The van der Waals surface area contributed by atoms with Gasteiger partial charge in [-0.05, 0) is 74.1 Å². The lowest BCUT2D eigenvalue weighted by Crippen LogP contribution is -2.79. The Morgan fingerprint density at radius 3 is 2.21 bits per heavy atom. The Morgan fingerprint density at radius 1 is 1.05 bits per heavy atom. The van der Waals surface area contributed by atoms with Gasteiger partial charge < -0.3 is 10.6 Å². The van der Waals surface area contributed by atoms with Crippen LogP contribution < -0.4 is 10.6 Å². The second kappa shape index (κ2) is 9.68. The highest BCUT2D eigenvalue weighted by Crippen LogP contribution is 2.71. The minimum Gasteiger partial charge on any atom is -0.358 e. The highest BCUT2D eigenvalue weighted by molar-refractivity contribution is 7.89. The maximum absolute atomic E-state index is 13.8. The van der Waals surface area contributed by atoms with E-state index in [9.17, 15) is 39.6 Å². The molecule has 1 aliphatic heterocycles. The third kappa shape index (κ3) is 5.19. The zero-order chi connectivity index (χ0) is 31.1. The van der Waals surface area contributed by atoms with Crippen LogP contribution in [-0.2, 0) is 27.5 Å². The quantitative estimate of drug-likeness (QED) is 0.388. The molecule has 4 saturated carbocycles. The number of carbonyl (C=O) groups is 1. The molecule has 2 aromatic rings. The van der Waals surface area contributed by atoms with Gasteiger partial charge in [0.05, 0.1) is 17.0 Å². The van der Waals surface area contributed by atoms with Crippen LogP contribution in [0.4, 0.5) is 26.3 Å². The van der Waals surface area contributed by atoms with Gasteiger partial charge >= 0.3 is 6.18 Å². The number of aliphatic imine (C=N–C) groups is 1. The van der Waals surface area contributed by atoms with Gasteiger partial charge in [0, 0.05) is 36.9 Å². The number of halogens is 6. The molecule has 0 spiro atoms. The maximum Gasteiger partial charge on any atom is 0.416 e. The number of nitrogens with zero attached hydrogens (tertiary/aromatic N) is 2. The SMILES string of the molecule is C[C@]1(C(=O)NCC2CC(F)(F)C2)CN=C(C23CC(N(Cc4ccc(C(F)(F)F)cc4)S(=O)(=O)c4ccc(F)cc4)(C2)C3)N1. The van der Waals surface area contributed by atoms with Gasteiger partial charge in [-0.25, -0.2) is 21.6 Å². The third-order valence-corrected chi connectivity index (χ3v) is 11.2. The summed E-state index contributed by atoms with van der Waals surface area (Å²) in [5.74, 6) is -3.34. The van der Waals surface area contributed by atoms with Gasteiger partial charge in [0.25, 0.3) is 0 Å². The number of rotatable bonds is 9. The molecule has 7 rings (SSSR count). The topological polar surface area (TPSA) is 90.9 Å². The summed E-state index contributed by atoms with van der Waals surface area (Å²) in [6.45, 7) is 1.77. The molecule has 0 aromatic heterocycles. The van der Waals surface area contributed by atoms with E-state index in [0.29, 0.717) is 30.7 Å². The lowest BCUT2D eigenvalue weighted by Gasteiger charge is -2.73. The summed E-state index contributed by atoms with van der Waals surface area (Å²) in [5, 5.41) is 5.94. The Kier molecular flexibility index (Phi) is 6.74. The van der Waals surface area contributed by atoms with Gasteiger partial charge in [-0.1, -0.05) is 12.1 Å². The van der Waals surface area contributed by atoms with E-state index in [0.717, 1.165) is 36.4 Å². The zero-order valence-electron chi connectivity index (χ0n) is 23.1. The Balaban J connectivity index is 1.16. The van der Waals surface area contributed by atoms with Crippen molar-refractivity contribution < 1.29 is 39.6 Å². The minimum atomic E-state index is -4.54. The molecule has 1 atom stereocenters. The summed E-state index contributed by atoms with van der Waals surface area (Å²) in [6.07, 6.45) is -3.92. The molecule has 0 unspecified atom stereocenters. The smallest absolute Gasteiger partial charge is 0.358 e. The van der Waals surface area contributed by atoms with E-state index in [4.69, 9.17) is 0 Å². The first-order valence-corrected chi connectivity index (χ1v) is 15.3. The van der Waals surface area contributed by atoms with Crippen molar-refractivity contribution in [2.75, 3.05) is 13.1 Å². The molecule has 232 valence electrons. The van der Waals surface area contributed by atoms with Crippen molar-refractivity contribution in [3.8, 4) is 0 Å². The fourth-order valence-corrected chi connectivity index (χ4v) is 8.58. The summed E-state index contributed by atoms with van der Waals surface area (Å²) in [6, 6.07) is 8.68. The van der Waals surface area contributed by atoms with Crippen LogP contribution in [-0.4, -0.2) is 54.6 Å². The van der Waals surface area contributed by atoms with Gasteiger partial charge in [0.1, 0.15) is 17.2 Å². The first-order valence-electron chi connectivity index (χ1n) is 13.9.